The predicted molar refractivity (Wildman–Crippen MR) is 70.6 cm³/mol. The Kier molecular flexibility index (Phi) is 3.97. The lowest BCUT2D eigenvalue weighted by Gasteiger charge is -2.20. The Hall–Kier alpha value is -0.610. The Morgan fingerprint density at radius 2 is 1.80 bits per heavy atom. The summed E-state index contributed by atoms with van der Waals surface area (Å²) in [6.45, 7) is 2.43. The highest BCUT2D eigenvalue weighted by Crippen LogP contribution is 2.46. The van der Waals surface area contributed by atoms with Gasteiger partial charge in [-0.3, -0.25) is 0 Å². The van der Waals surface area contributed by atoms with Crippen LogP contribution in [0.3, 0.4) is 0 Å². The van der Waals surface area contributed by atoms with Crippen molar-refractivity contribution >= 4 is 7.92 Å². The minimum absolute atomic E-state index is 0.0861. The number of rotatable bonds is 3. The molecular weight excluding hydrogens is 199 g/mol. The van der Waals surface area contributed by atoms with E-state index in [4.69, 9.17) is 0 Å². The summed E-state index contributed by atoms with van der Waals surface area (Å²) >= 11 is 0. The molecule has 15 heavy (non-hydrogen) atoms. The van der Waals surface area contributed by atoms with Crippen molar-refractivity contribution in [2.75, 3.05) is 12.8 Å². The average molecular weight is 218 g/mol. The molecule has 1 atom stereocenters. The first kappa shape index (κ1) is 10.9. The van der Waals surface area contributed by atoms with E-state index in [2.05, 4.69) is 43.1 Å². The molecule has 80 valence electrons. The molecule has 0 fully saturated rings. The summed E-state index contributed by atoms with van der Waals surface area (Å²) in [7, 11) is 0.0861. The fraction of sp³-hybridized carbons (Fsp3) is 0.429. The van der Waals surface area contributed by atoms with Crippen LogP contribution in [0.15, 0.2) is 47.3 Å². The zero-order valence-electron chi connectivity index (χ0n) is 9.45. The first-order valence-corrected chi connectivity index (χ1v) is 7.75. The molecule has 0 N–H and O–H groups in total. The highest BCUT2D eigenvalue weighted by Gasteiger charge is 2.11. The van der Waals surface area contributed by atoms with E-state index in [9.17, 15) is 0 Å². The van der Waals surface area contributed by atoms with Gasteiger partial charge in [0, 0.05) is 0 Å². The van der Waals surface area contributed by atoms with E-state index in [0.717, 1.165) is 0 Å². The van der Waals surface area contributed by atoms with Gasteiger partial charge in [0.05, 0.1) is 0 Å². The molecule has 0 spiro atoms. The van der Waals surface area contributed by atoms with Crippen molar-refractivity contribution in [3.8, 4) is 0 Å². The Balaban J connectivity index is 1.93. The molecule has 2 rings (SSSR count). The Bertz CT molecular complexity index is 331. The van der Waals surface area contributed by atoms with Gasteiger partial charge in [0.2, 0.25) is 0 Å². The van der Waals surface area contributed by atoms with Crippen LogP contribution in [0.4, 0.5) is 0 Å². The van der Waals surface area contributed by atoms with Gasteiger partial charge in [-0.25, -0.2) is 0 Å². The minimum atomic E-state index is 0.0861. The van der Waals surface area contributed by atoms with Crippen molar-refractivity contribution in [1.29, 1.82) is 0 Å². The van der Waals surface area contributed by atoms with E-state index < -0.39 is 0 Å². The normalized spacial score (nSPS) is 22.2. The van der Waals surface area contributed by atoms with Gasteiger partial charge in [-0.1, -0.05) is 50.0 Å². The van der Waals surface area contributed by atoms with E-state index in [-0.39, 0.29) is 7.92 Å². The summed E-state index contributed by atoms with van der Waals surface area (Å²) < 4.78 is 0. The van der Waals surface area contributed by atoms with Crippen LogP contribution in [0.5, 0.6) is 0 Å². The SMILES string of the molecule is CP(CC1=CC=CCC1)C1=CC=CCC1. The zero-order chi connectivity index (χ0) is 10.5. The fourth-order valence-corrected chi connectivity index (χ4v) is 4.03. The van der Waals surface area contributed by atoms with Crippen molar-refractivity contribution in [2.24, 2.45) is 0 Å². The highest BCUT2D eigenvalue weighted by atomic mass is 31.1. The number of hydrogen-bond acceptors (Lipinski definition) is 0. The third-order valence-corrected chi connectivity index (χ3v) is 5.26. The van der Waals surface area contributed by atoms with Crippen LogP contribution in [-0.2, 0) is 0 Å². The molecule has 1 heteroatoms. The van der Waals surface area contributed by atoms with Gasteiger partial charge in [0.15, 0.2) is 0 Å². The van der Waals surface area contributed by atoms with Crippen LogP contribution in [0, 0.1) is 0 Å². The third kappa shape index (κ3) is 3.18. The molecule has 0 saturated carbocycles. The summed E-state index contributed by atoms with van der Waals surface area (Å²) in [5, 5.41) is 1.70. The van der Waals surface area contributed by atoms with E-state index in [1.54, 1.807) is 10.9 Å². The number of allylic oxidation sites excluding steroid dienone is 8. The van der Waals surface area contributed by atoms with Gasteiger partial charge in [-0.05, 0) is 43.8 Å². The van der Waals surface area contributed by atoms with Gasteiger partial charge in [0.25, 0.3) is 0 Å². The summed E-state index contributed by atoms with van der Waals surface area (Å²) in [4.78, 5) is 0. The van der Waals surface area contributed by atoms with Crippen LogP contribution in [0.2, 0.25) is 0 Å². The maximum atomic E-state index is 2.43. The molecule has 0 aliphatic heterocycles. The smallest absolute Gasteiger partial charge is 0.00765 e. The van der Waals surface area contributed by atoms with Crippen LogP contribution in [-0.4, -0.2) is 12.8 Å². The van der Waals surface area contributed by atoms with Gasteiger partial charge >= 0.3 is 0 Å². The lowest BCUT2D eigenvalue weighted by atomic mass is 10.1. The molecule has 0 saturated heterocycles. The van der Waals surface area contributed by atoms with E-state index in [0.29, 0.717) is 0 Å². The number of hydrogen-bond donors (Lipinski definition) is 0. The standard InChI is InChI=1S/C14H19P/c1-15(14-10-6-3-7-11-14)12-13-8-4-2-5-9-13/h2-4,6,8,10H,5,7,9,11-12H2,1H3. The largest absolute Gasteiger partial charge is 0.0842 e. The highest BCUT2D eigenvalue weighted by molar-refractivity contribution is 7.61. The second-order valence-corrected chi connectivity index (χ2v) is 6.56. The van der Waals surface area contributed by atoms with Gasteiger partial charge in [0.1, 0.15) is 0 Å². The summed E-state index contributed by atoms with van der Waals surface area (Å²) in [5.41, 5.74) is 1.65. The first-order valence-electron chi connectivity index (χ1n) is 5.77. The molecule has 0 bridgehead atoms. The zero-order valence-corrected chi connectivity index (χ0v) is 10.3. The second-order valence-electron chi connectivity index (χ2n) is 4.27. The van der Waals surface area contributed by atoms with Crippen LogP contribution < -0.4 is 0 Å². The molecule has 0 aromatic carbocycles. The summed E-state index contributed by atoms with van der Waals surface area (Å²) in [6, 6.07) is 0. The Morgan fingerprint density at radius 3 is 2.40 bits per heavy atom. The lowest BCUT2D eigenvalue weighted by molar-refractivity contribution is 0.961. The molecule has 0 radical (unpaired) electrons. The molecule has 0 heterocycles. The van der Waals surface area contributed by atoms with E-state index in [1.807, 2.05) is 0 Å². The van der Waals surface area contributed by atoms with Crippen molar-refractivity contribution < 1.29 is 0 Å². The maximum absolute atomic E-state index is 2.43. The Labute approximate surface area is 94.2 Å². The Morgan fingerprint density at radius 1 is 1.07 bits per heavy atom. The summed E-state index contributed by atoms with van der Waals surface area (Å²) in [6.07, 6.45) is 20.0. The van der Waals surface area contributed by atoms with Crippen LogP contribution in [0.25, 0.3) is 0 Å². The summed E-state index contributed by atoms with van der Waals surface area (Å²) in [5.74, 6) is 0. The van der Waals surface area contributed by atoms with E-state index >= 15 is 0 Å². The van der Waals surface area contributed by atoms with Crippen molar-refractivity contribution in [3.05, 3.63) is 47.3 Å². The van der Waals surface area contributed by atoms with Crippen molar-refractivity contribution in [3.63, 3.8) is 0 Å². The monoisotopic (exact) mass is 218 g/mol. The predicted octanol–water partition coefficient (Wildman–Crippen LogP) is 4.61. The molecule has 0 aromatic rings. The first-order chi connectivity index (χ1) is 7.36. The van der Waals surface area contributed by atoms with Crippen molar-refractivity contribution in [2.45, 2.75) is 25.7 Å². The van der Waals surface area contributed by atoms with Gasteiger partial charge < -0.3 is 0 Å². The molecular formula is C14H19P. The molecule has 2 aliphatic carbocycles. The van der Waals surface area contributed by atoms with Crippen LogP contribution in [0.1, 0.15) is 25.7 Å². The molecule has 0 nitrogen and oxygen atoms in total. The minimum Gasteiger partial charge on any atom is -0.0842 e. The van der Waals surface area contributed by atoms with Gasteiger partial charge in [-0.15, -0.1) is 0 Å². The third-order valence-electron chi connectivity index (χ3n) is 3.02. The van der Waals surface area contributed by atoms with Gasteiger partial charge in [-0.2, -0.15) is 0 Å². The quantitative estimate of drug-likeness (QED) is 0.607. The molecule has 0 amide bonds. The molecule has 0 aromatic heterocycles. The van der Waals surface area contributed by atoms with E-state index in [1.165, 1.54) is 31.8 Å². The fourth-order valence-electron chi connectivity index (χ4n) is 2.10. The topological polar surface area (TPSA) is 0 Å². The van der Waals surface area contributed by atoms with Crippen molar-refractivity contribution in [1.82, 2.24) is 0 Å². The average Bonchev–Trinajstić information content (AvgIpc) is 2.31. The maximum Gasteiger partial charge on any atom is -0.00765 e. The van der Waals surface area contributed by atoms with Crippen LogP contribution >= 0.6 is 7.92 Å². The second kappa shape index (κ2) is 5.47. The molecule has 1 unspecified atom stereocenters. The lowest BCUT2D eigenvalue weighted by Crippen LogP contribution is -1.96. The molecule has 2 aliphatic rings.